The van der Waals surface area contributed by atoms with E-state index in [2.05, 4.69) is 15.8 Å². The van der Waals surface area contributed by atoms with E-state index in [1.165, 1.54) is 6.21 Å². The Balaban J connectivity index is 1.35. The van der Waals surface area contributed by atoms with Gasteiger partial charge in [-0.1, -0.05) is 23.2 Å². The summed E-state index contributed by atoms with van der Waals surface area (Å²) in [7, 11) is 0. The van der Waals surface area contributed by atoms with Crippen molar-refractivity contribution in [2.45, 2.75) is 6.92 Å². The van der Waals surface area contributed by atoms with E-state index < -0.39 is 11.9 Å². The molecule has 10 heteroatoms. The van der Waals surface area contributed by atoms with Gasteiger partial charge in [0, 0.05) is 26.9 Å². The number of nitrogens with zero attached hydrogens (tertiary/aromatic N) is 1. The summed E-state index contributed by atoms with van der Waals surface area (Å²) in [5.41, 5.74) is 4.74. The Kier molecular flexibility index (Phi) is 9.51. The average molecular weight is 576 g/mol. The molecule has 0 saturated heterocycles. The Morgan fingerprint density at radius 2 is 1.32 bits per heavy atom. The summed E-state index contributed by atoms with van der Waals surface area (Å²) >= 11 is 11.7. The molecule has 0 aliphatic heterocycles. The maximum absolute atomic E-state index is 12.5. The van der Waals surface area contributed by atoms with E-state index in [4.69, 9.17) is 32.7 Å². The Morgan fingerprint density at radius 3 is 1.95 bits per heavy atom. The van der Waals surface area contributed by atoms with Crippen molar-refractivity contribution in [1.29, 1.82) is 0 Å². The molecule has 8 nitrogen and oxygen atoms in total. The van der Waals surface area contributed by atoms with Crippen LogP contribution in [0.4, 0.5) is 5.69 Å². The van der Waals surface area contributed by atoms with Gasteiger partial charge in [0.25, 0.3) is 11.8 Å². The van der Waals surface area contributed by atoms with E-state index in [0.29, 0.717) is 50.3 Å². The molecular weight excluding hydrogens is 553 g/mol. The van der Waals surface area contributed by atoms with Gasteiger partial charge in [-0.15, -0.1) is 0 Å². The van der Waals surface area contributed by atoms with Crippen molar-refractivity contribution in [1.82, 2.24) is 5.43 Å². The third kappa shape index (κ3) is 7.69. The number of rotatable bonds is 9. The van der Waals surface area contributed by atoms with E-state index in [-0.39, 0.29) is 11.7 Å². The number of ether oxygens (including phenoxy) is 2. The highest BCUT2D eigenvalue weighted by Gasteiger charge is 2.14. The molecule has 4 aromatic rings. The maximum atomic E-state index is 12.5. The molecule has 0 aliphatic carbocycles. The highest BCUT2D eigenvalue weighted by atomic mass is 35.5. The number of esters is 1. The zero-order valence-corrected chi connectivity index (χ0v) is 22.7. The van der Waals surface area contributed by atoms with Crippen LogP contribution >= 0.6 is 23.2 Å². The second kappa shape index (κ2) is 13.4. The molecule has 0 saturated carbocycles. The van der Waals surface area contributed by atoms with Gasteiger partial charge < -0.3 is 14.8 Å². The van der Waals surface area contributed by atoms with E-state index in [1.54, 1.807) is 97.9 Å². The monoisotopic (exact) mass is 575 g/mol. The lowest BCUT2D eigenvalue weighted by atomic mass is 10.1. The van der Waals surface area contributed by atoms with Gasteiger partial charge in [-0.05, 0) is 103 Å². The molecule has 2 N–H and O–H groups in total. The number of carbonyl (C=O) groups excluding carboxylic acids is 3. The van der Waals surface area contributed by atoms with Gasteiger partial charge in [-0.25, -0.2) is 10.2 Å². The highest BCUT2D eigenvalue weighted by Crippen LogP contribution is 2.29. The maximum Gasteiger partial charge on any atom is 0.343 e. The number of hydrogen-bond acceptors (Lipinski definition) is 6. The first-order chi connectivity index (χ1) is 19.3. The van der Waals surface area contributed by atoms with Crippen molar-refractivity contribution < 1.29 is 23.9 Å². The van der Waals surface area contributed by atoms with Crippen LogP contribution in [0.1, 0.15) is 43.6 Å². The van der Waals surface area contributed by atoms with Crippen molar-refractivity contribution in [3.8, 4) is 11.5 Å². The first-order valence-electron chi connectivity index (χ1n) is 12.1. The fourth-order valence-electron chi connectivity index (χ4n) is 3.44. The summed E-state index contributed by atoms with van der Waals surface area (Å²) in [5, 5.41) is 7.81. The zero-order chi connectivity index (χ0) is 28.5. The summed E-state index contributed by atoms with van der Waals surface area (Å²) in [4.78, 5) is 37.3. The van der Waals surface area contributed by atoms with Gasteiger partial charge >= 0.3 is 5.97 Å². The molecular formula is C30H23Cl2N3O5. The number of benzene rings is 4. The predicted molar refractivity (Wildman–Crippen MR) is 155 cm³/mol. The first-order valence-corrected chi connectivity index (χ1v) is 12.8. The molecule has 202 valence electrons. The Labute approximate surface area is 240 Å². The Hall–Kier alpha value is -4.66. The normalized spacial score (nSPS) is 10.7. The second-order valence-electron chi connectivity index (χ2n) is 8.27. The lowest BCUT2D eigenvalue weighted by molar-refractivity contribution is 0.0728. The number of anilines is 1. The molecule has 0 aromatic heterocycles. The van der Waals surface area contributed by atoms with Crippen LogP contribution in [0.25, 0.3) is 0 Å². The number of carbonyl (C=O) groups is 3. The van der Waals surface area contributed by atoms with Crippen LogP contribution in [0.3, 0.4) is 0 Å². The van der Waals surface area contributed by atoms with Crippen LogP contribution in [-0.4, -0.2) is 30.6 Å². The topological polar surface area (TPSA) is 106 Å². The summed E-state index contributed by atoms with van der Waals surface area (Å²) in [6.45, 7) is 2.15. The minimum absolute atomic E-state index is 0.242. The van der Waals surface area contributed by atoms with Crippen LogP contribution in [0, 0.1) is 0 Å². The van der Waals surface area contributed by atoms with Crippen molar-refractivity contribution >= 4 is 52.9 Å². The van der Waals surface area contributed by atoms with Crippen molar-refractivity contribution in [2.75, 3.05) is 11.9 Å². The van der Waals surface area contributed by atoms with Gasteiger partial charge in [-0.3, -0.25) is 9.59 Å². The molecule has 2 amide bonds. The molecule has 0 aliphatic rings. The van der Waals surface area contributed by atoms with Crippen LogP contribution in [0.15, 0.2) is 96.1 Å². The fourth-order valence-corrected chi connectivity index (χ4v) is 3.69. The quantitative estimate of drug-likeness (QED) is 0.101. The van der Waals surface area contributed by atoms with Crippen LogP contribution in [-0.2, 0) is 0 Å². The first kappa shape index (κ1) is 28.4. The molecule has 0 heterocycles. The minimum atomic E-state index is -0.554. The highest BCUT2D eigenvalue weighted by molar-refractivity contribution is 6.31. The number of hydrogen-bond donors (Lipinski definition) is 2. The van der Waals surface area contributed by atoms with Crippen molar-refractivity contribution in [2.24, 2.45) is 5.10 Å². The summed E-state index contributed by atoms with van der Waals surface area (Å²) < 4.78 is 11.1. The van der Waals surface area contributed by atoms with Gasteiger partial charge in [0.15, 0.2) is 11.5 Å². The van der Waals surface area contributed by atoms with E-state index in [1.807, 2.05) is 0 Å². The van der Waals surface area contributed by atoms with Crippen molar-refractivity contribution in [3.63, 3.8) is 0 Å². The van der Waals surface area contributed by atoms with Crippen LogP contribution in [0.5, 0.6) is 11.5 Å². The van der Waals surface area contributed by atoms with Crippen LogP contribution in [0.2, 0.25) is 10.0 Å². The van der Waals surface area contributed by atoms with Crippen LogP contribution < -0.4 is 20.2 Å². The molecule has 0 spiro atoms. The van der Waals surface area contributed by atoms with Crippen molar-refractivity contribution in [3.05, 3.63) is 123 Å². The minimum Gasteiger partial charge on any atom is -0.490 e. The number of halogens is 2. The molecule has 0 bridgehead atoms. The van der Waals surface area contributed by atoms with Gasteiger partial charge in [-0.2, -0.15) is 5.10 Å². The third-order valence-electron chi connectivity index (χ3n) is 5.44. The molecule has 4 aromatic carbocycles. The molecule has 4 rings (SSSR count). The molecule has 40 heavy (non-hydrogen) atoms. The largest absolute Gasteiger partial charge is 0.490 e. The van der Waals surface area contributed by atoms with Gasteiger partial charge in [0.1, 0.15) is 0 Å². The molecule has 0 fully saturated rings. The molecule has 0 radical (unpaired) electrons. The van der Waals surface area contributed by atoms with E-state index in [0.717, 1.165) is 0 Å². The number of amides is 2. The number of nitrogens with one attached hydrogen (secondary N) is 2. The SMILES string of the molecule is CCOc1cc(/C=N\NC(=O)c2ccc(NC(=O)c3ccc(Cl)cc3)cc2)ccc1OC(=O)c1ccc(Cl)cc1. The number of hydrazone groups is 1. The van der Waals surface area contributed by atoms with Gasteiger partial charge in [0.05, 0.1) is 18.4 Å². The fraction of sp³-hybridized carbons (Fsp3) is 0.0667. The lowest BCUT2D eigenvalue weighted by Crippen LogP contribution is -2.18. The standard InChI is InChI=1S/C30H23Cl2N3O5/c1-2-39-27-17-19(3-16-26(27)40-30(38)22-6-12-24(32)13-7-22)18-33-35-29(37)21-8-14-25(15-9-21)34-28(36)20-4-10-23(31)11-5-20/h3-18H,2H2,1H3,(H,34,36)(H,35,37)/b33-18-. The van der Waals surface area contributed by atoms with E-state index in [9.17, 15) is 14.4 Å². The Bertz CT molecular complexity index is 1540. The summed E-state index contributed by atoms with van der Waals surface area (Å²) in [6, 6.07) is 24.1. The molecule has 0 unspecified atom stereocenters. The third-order valence-corrected chi connectivity index (χ3v) is 5.95. The molecule has 0 atom stereocenters. The smallest absolute Gasteiger partial charge is 0.343 e. The second-order valence-corrected chi connectivity index (χ2v) is 9.15. The average Bonchev–Trinajstić information content (AvgIpc) is 2.95. The van der Waals surface area contributed by atoms with Gasteiger partial charge in [0.2, 0.25) is 0 Å². The van der Waals surface area contributed by atoms with E-state index >= 15 is 0 Å². The Morgan fingerprint density at radius 1 is 0.750 bits per heavy atom. The predicted octanol–water partition coefficient (Wildman–Crippen LogP) is 6.63. The zero-order valence-electron chi connectivity index (χ0n) is 21.2. The summed E-state index contributed by atoms with van der Waals surface area (Å²) in [6.07, 6.45) is 1.44. The summed E-state index contributed by atoms with van der Waals surface area (Å²) in [5.74, 6) is -0.703. The lowest BCUT2D eigenvalue weighted by Gasteiger charge is -2.11.